The standard InChI is InChI=1S/C21H21FN2O2/c1-13-6-7-18(26-2)20-17(13)12-15-8-9-24(21(15)23-20)19(25)11-14-4-3-5-16(22)10-14/h3-7,10,12,21,23H,8-9,11H2,1-2H3. The van der Waals surface area contributed by atoms with Crippen LogP contribution >= 0.6 is 0 Å². The topological polar surface area (TPSA) is 41.6 Å². The number of likely N-dealkylation sites (tertiary alicyclic amines) is 1. The van der Waals surface area contributed by atoms with E-state index >= 15 is 0 Å². The fourth-order valence-electron chi connectivity index (χ4n) is 3.76. The number of anilines is 1. The van der Waals surface area contributed by atoms with E-state index in [1.165, 1.54) is 23.3 Å². The van der Waals surface area contributed by atoms with E-state index < -0.39 is 0 Å². The Morgan fingerprint density at radius 2 is 2.19 bits per heavy atom. The summed E-state index contributed by atoms with van der Waals surface area (Å²) in [6.07, 6.45) is 3.03. The maximum absolute atomic E-state index is 13.4. The number of rotatable bonds is 3. The molecule has 2 heterocycles. The SMILES string of the molecule is COc1ccc(C)c2c1NC1C(=C2)CCN1C(=O)Cc1cccc(F)c1. The Hall–Kier alpha value is -2.82. The molecule has 134 valence electrons. The summed E-state index contributed by atoms with van der Waals surface area (Å²) >= 11 is 0. The van der Waals surface area contributed by atoms with Crippen LogP contribution in [-0.2, 0) is 11.2 Å². The number of ether oxygens (including phenoxy) is 1. The molecule has 1 N–H and O–H groups in total. The summed E-state index contributed by atoms with van der Waals surface area (Å²) < 4.78 is 18.9. The van der Waals surface area contributed by atoms with Gasteiger partial charge in [-0.3, -0.25) is 4.79 Å². The molecule has 4 rings (SSSR count). The van der Waals surface area contributed by atoms with Crippen molar-refractivity contribution in [2.45, 2.75) is 25.9 Å². The quantitative estimate of drug-likeness (QED) is 0.915. The second-order valence-electron chi connectivity index (χ2n) is 6.78. The van der Waals surface area contributed by atoms with Gasteiger partial charge in [0.05, 0.1) is 19.2 Å². The molecule has 0 bridgehead atoms. The van der Waals surface area contributed by atoms with Crippen molar-refractivity contribution in [2.75, 3.05) is 19.0 Å². The van der Waals surface area contributed by atoms with Crippen LogP contribution in [0.3, 0.4) is 0 Å². The molecular formula is C21H21FN2O2. The van der Waals surface area contributed by atoms with E-state index in [1.54, 1.807) is 19.2 Å². The number of nitrogens with zero attached hydrogens (tertiary/aromatic N) is 1. The Morgan fingerprint density at radius 3 is 2.96 bits per heavy atom. The first-order chi connectivity index (χ1) is 12.6. The van der Waals surface area contributed by atoms with Crippen molar-refractivity contribution in [3.8, 4) is 5.75 Å². The van der Waals surface area contributed by atoms with Crippen LogP contribution in [0.15, 0.2) is 42.0 Å². The van der Waals surface area contributed by atoms with Gasteiger partial charge in [0.2, 0.25) is 5.91 Å². The lowest BCUT2D eigenvalue weighted by Gasteiger charge is -2.32. The van der Waals surface area contributed by atoms with Crippen molar-refractivity contribution in [1.29, 1.82) is 0 Å². The van der Waals surface area contributed by atoms with Gasteiger partial charge < -0.3 is 15.0 Å². The Kier molecular flexibility index (Phi) is 4.15. The molecule has 1 atom stereocenters. The fraction of sp³-hybridized carbons (Fsp3) is 0.286. The maximum Gasteiger partial charge on any atom is 0.228 e. The first-order valence-corrected chi connectivity index (χ1v) is 8.75. The minimum Gasteiger partial charge on any atom is -0.495 e. The predicted molar refractivity (Wildman–Crippen MR) is 99.6 cm³/mol. The third-order valence-electron chi connectivity index (χ3n) is 5.12. The molecular weight excluding hydrogens is 331 g/mol. The van der Waals surface area contributed by atoms with Crippen molar-refractivity contribution in [3.05, 3.63) is 64.5 Å². The molecule has 1 fully saturated rings. The van der Waals surface area contributed by atoms with Crippen molar-refractivity contribution in [2.24, 2.45) is 0 Å². The number of halogens is 1. The highest BCUT2D eigenvalue weighted by Crippen LogP contribution is 2.40. The summed E-state index contributed by atoms with van der Waals surface area (Å²) in [7, 11) is 1.65. The fourth-order valence-corrected chi connectivity index (χ4v) is 3.76. The molecule has 0 saturated carbocycles. The molecule has 2 aliphatic heterocycles. The number of hydrogen-bond acceptors (Lipinski definition) is 3. The number of aryl methyl sites for hydroxylation is 1. The largest absolute Gasteiger partial charge is 0.495 e. The van der Waals surface area contributed by atoms with Gasteiger partial charge in [-0.05, 0) is 54.3 Å². The van der Waals surface area contributed by atoms with Crippen LogP contribution in [0.1, 0.15) is 23.1 Å². The zero-order valence-corrected chi connectivity index (χ0v) is 14.9. The number of nitrogens with one attached hydrogen (secondary N) is 1. The zero-order chi connectivity index (χ0) is 18.3. The Bertz CT molecular complexity index is 907. The molecule has 26 heavy (non-hydrogen) atoms. The van der Waals surface area contributed by atoms with E-state index in [9.17, 15) is 9.18 Å². The molecule has 0 spiro atoms. The number of amides is 1. The van der Waals surface area contributed by atoms with E-state index in [0.29, 0.717) is 12.1 Å². The summed E-state index contributed by atoms with van der Waals surface area (Å²) in [6, 6.07) is 10.2. The number of carbonyl (C=O) groups excluding carboxylic acids is 1. The summed E-state index contributed by atoms with van der Waals surface area (Å²) in [5.41, 5.74) is 5.10. The average Bonchev–Trinajstić information content (AvgIpc) is 3.04. The summed E-state index contributed by atoms with van der Waals surface area (Å²) in [6.45, 7) is 2.73. The highest BCUT2D eigenvalue weighted by Gasteiger charge is 2.36. The molecule has 1 amide bonds. The molecule has 4 nitrogen and oxygen atoms in total. The normalized spacial score (nSPS) is 17.9. The number of methoxy groups -OCH3 is 1. The van der Waals surface area contributed by atoms with Crippen molar-refractivity contribution in [1.82, 2.24) is 4.90 Å². The zero-order valence-electron chi connectivity index (χ0n) is 14.9. The van der Waals surface area contributed by atoms with Crippen LogP contribution < -0.4 is 10.1 Å². The van der Waals surface area contributed by atoms with Gasteiger partial charge in [0.25, 0.3) is 0 Å². The second-order valence-corrected chi connectivity index (χ2v) is 6.78. The maximum atomic E-state index is 13.4. The molecule has 0 aromatic heterocycles. The molecule has 5 heteroatoms. The van der Waals surface area contributed by atoms with Crippen LogP contribution in [0.25, 0.3) is 6.08 Å². The minimum absolute atomic E-state index is 0.00781. The summed E-state index contributed by atoms with van der Waals surface area (Å²) in [4.78, 5) is 14.7. The van der Waals surface area contributed by atoms with Crippen molar-refractivity contribution in [3.63, 3.8) is 0 Å². The van der Waals surface area contributed by atoms with E-state index in [2.05, 4.69) is 18.3 Å². The number of benzene rings is 2. The number of hydrogen-bond donors (Lipinski definition) is 1. The van der Waals surface area contributed by atoms with Gasteiger partial charge in [0.1, 0.15) is 17.7 Å². The monoisotopic (exact) mass is 352 g/mol. The lowest BCUT2D eigenvalue weighted by Crippen LogP contribution is -2.42. The van der Waals surface area contributed by atoms with Crippen LogP contribution in [0, 0.1) is 12.7 Å². The third-order valence-corrected chi connectivity index (χ3v) is 5.12. The van der Waals surface area contributed by atoms with Crippen molar-refractivity contribution >= 4 is 17.7 Å². The third kappa shape index (κ3) is 2.83. The number of fused-ring (bicyclic) bond motifs is 2. The lowest BCUT2D eigenvalue weighted by atomic mass is 9.97. The van der Waals surface area contributed by atoms with E-state index in [4.69, 9.17) is 4.74 Å². The van der Waals surface area contributed by atoms with Gasteiger partial charge in [-0.2, -0.15) is 0 Å². The van der Waals surface area contributed by atoms with Gasteiger partial charge in [0, 0.05) is 12.1 Å². The number of carbonyl (C=O) groups is 1. The van der Waals surface area contributed by atoms with E-state index in [1.807, 2.05) is 17.0 Å². The van der Waals surface area contributed by atoms with Crippen LogP contribution in [0.2, 0.25) is 0 Å². The first kappa shape index (κ1) is 16.6. The van der Waals surface area contributed by atoms with Gasteiger partial charge in [-0.25, -0.2) is 4.39 Å². The Morgan fingerprint density at radius 1 is 1.35 bits per heavy atom. The summed E-state index contributed by atoms with van der Waals surface area (Å²) in [5.74, 6) is 0.444. The molecule has 1 saturated heterocycles. The van der Waals surface area contributed by atoms with Gasteiger partial charge in [-0.15, -0.1) is 0 Å². The van der Waals surface area contributed by atoms with Gasteiger partial charge >= 0.3 is 0 Å². The molecule has 1 unspecified atom stereocenters. The highest BCUT2D eigenvalue weighted by atomic mass is 19.1. The van der Waals surface area contributed by atoms with Crippen LogP contribution in [0.5, 0.6) is 5.75 Å². The van der Waals surface area contributed by atoms with Gasteiger partial charge in [0.15, 0.2) is 0 Å². The minimum atomic E-state index is -0.317. The smallest absolute Gasteiger partial charge is 0.228 e. The first-order valence-electron chi connectivity index (χ1n) is 8.75. The van der Waals surface area contributed by atoms with Crippen LogP contribution in [-0.4, -0.2) is 30.6 Å². The van der Waals surface area contributed by atoms with E-state index in [0.717, 1.165) is 23.4 Å². The second kappa shape index (κ2) is 6.48. The van der Waals surface area contributed by atoms with E-state index in [-0.39, 0.29) is 24.3 Å². The van der Waals surface area contributed by atoms with Gasteiger partial charge in [-0.1, -0.05) is 18.2 Å². The summed E-state index contributed by atoms with van der Waals surface area (Å²) in [5, 5.41) is 3.49. The van der Waals surface area contributed by atoms with Crippen molar-refractivity contribution < 1.29 is 13.9 Å². The Balaban J connectivity index is 1.60. The lowest BCUT2D eigenvalue weighted by molar-refractivity contribution is -0.130. The molecule has 2 aliphatic rings. The Labute approximate surface area is 152 Å². The predicted octanol–water partition coefficient (Wildman–Crippen LogP) is 3.75. The molecule has 2 aromatic carbocycles. The molecule has 0 radical (unpaired) electrons. The molecule has 0 aliphatic carbocycles. The average molecular weight is 352 g/mol. The highest BCUT2D eigenvalue weighted by molar-refractivity contribution is 5.85. The molecule has 2 aromatic rings. The van der Waals surface area contributed by atoms with Crippen LogP contribution in [0.4, 0.5) is 10.1 Å².